The van der Waals surface area contributed by atoms with Crippen molar-refractivity contribution < 1.29 is 4.79 Å². The SMILES string of the molecule is Cc1nn(C)cc1C(=O)N[C@@H](C)c1ccc(-n2cccc2)cc1. The summed E-state index contributed by atoms with van der Waals surface area (Å²) in [6.45, 7) is 3.82. The summed E-state index contributed by atoms with van der Waals surface area (Å²) >= 11 is 0. The molecule has 0 aliphatic heterocycles. The maximum absolute atomic E-state index is 12.3. The van der Waals surface area contributed by atoms with E-state index in [-0.39, 0.29) is 11.9 Å². The van der Waals surface area contributed by atoms with Crippen molar-refractivity contribution in [3.63, 3.8) is 0 Å². The number of carbonyl (C=O) groups excluding carboxylic acids is 1. The van der Waals surface area contributed by atoms with Crippen LogP contribution in [0.25, 0.3) is 5.69 Å². The van der Waals surface area contributed by atoms with Gasteiger partial charge in [-0.3, -0.25) is 9.48 Å². The molecule has 1 atom stereocenters. The van der Waals surface area contributed by atoms with Gasteiger partial charge in [0.05, 0.1) is 17.3 Å². The van der Waals surface area contributed by atoms with Crippen LogP contribution in [0.5, 0.6) is 0 Å². The number of hydrogen-bond donors (Lipinski definition) is 1. The van der Waals surface area contributed by atoms with Gasteiger partial charge in [-0.15, -0.1) is 0 Å². The van der Waals surface area contributed by atoms with Crippen LogP contribution in [0.15, 0.2) is 55.0 Å². The Bertz CT molecular complexity index is 800. The van der Waals surface area contributed by atoms with Crippen LogP contribution in [0.2, 0.25) is 0 Å². The predicted octanol–water partition coefficient (Wildman–Crippen LogP) is 3.01. The van der Waals surface area contributed by atoms with Crippen molar-refractivity contribution in [2.45, 2.75) is 19.9 Å². The molecule has 1 aromatic carbocycles. The predicted molar refractivity (Wildman–Crippen MR) is 89.6 cm³/mol. The Morgan fingerprint density at radius 1 is 1.17 bits per heavy atom. The molecule has 0 aliphatic rings. The lowest BCUT2D eigenvalue weighted by Crippen LogP contribution is -2.26. The minimum Gasteiger partial charge on any atom is -0.345 e. The van der Waals surface area contributed by atoms with E-state index in [2.05, 4.69) is 10.4 Å². The van der Waals surface area contributed by atoms with Crippen LogP contribution in [-0.2, 0) is 7.05 Å². The topological polar surface area (TPSA) is 51.9 Å². The lowest BCUT2D eigenvalue weighted by Gasteiger charge is -2.15. The molecule has 1 N–H and O–H groups in total. The molecular formula is C18H20N4O. The number of nitrogens with zero attached hydrogens (tertiary/aromatic N) is 3. The molecule has 0 spiro atoms. The van der Waals surface area contributed by atoms with Gasteiger partial charge in [0.2, 0.25) is 0 Å². The summed E-state index contributed by atoms with van der Waals surface area (Å²) in [6.07, 6.45) is 5.75. The maximum atomic E-state index is 12.3. The zero-order valence-electron chi connectivity index (χ0n) is 13.5. The fourth-order valence-corrected chi connectivity index (χ4v) is 2.62. The third-order valence-corrected chi connectivity index (χ3v) is 3.90. The summed E-state index contributed by atoms with van der Waals surface area (Å²) in [5.41, 5.74) is 3.51. The zero-order valence-corrected chi connectivity index (χ0v) is 13.5. The van der Waals surface area contributed by atoms with Gasteiger partial charge in [0.1, 0.15) is 0 Å². The highest BCUT2D eigenvalue weighted by atomic mass is 16.1. The first-order valence-corrected chi connectivity index (χ1v) is 7.59. The smallest absolute Gasteiger partial charge is 0.255 e. The summed E-state index contributed by atoms with van der Waals surface area (Å²) in [5.74, 6) is -0.0995. The second kappa shape index (κ2) is 6.12. The van der Waals surface area contributed by atoms with Crippen molar-refractivity contribution in [1.29, 1.82) is 0 Å². The number of amides is 1. The summed E-state index contributed by atoms with van der Waals surface area (Å²) in [6, 6.07) is 12.1. The highest BCUT2D eigenvalue weighted by Gasteiger charge is 2.15. The normalized spacial score (nSPS) is 12.1. The molecule has 3 aromatic rings. The van der Waals surface area contributed by atoms with Crippen LogP contribution in [-0.4, -0.2) is 20.3 Å². The first-order valence-electron chi connectivity index (χ1n) is 7.59. The van der Waals surface area contributed by atoms with E-state index in [0.29, 0.717) is 5.56 Å². The first-order chi connectivity index (χ1) is 11.0. The Labute approximate surface area is 135 Å². The quantitative estimate of drug-likeness (QED) is 0.805. The first kappa shape index (κ1) is 15.1. The fraction of sp³-hybridized carbons (Fsp3) is 0.222. The molecule has 2 aromatic heterocycles. The van der Waals surface area contributed by atoms with Crippen molar-refractivity contribution in [2.24, 2.45) is 7.05 Å². The van der Waals surface area contributed by atoms with Gasteiger partial charge in [-0.1, -0.05) is 12.1 Å². The molecule has 0 unspecified atom stereocenters. The number of nitrogens with one attached hydrogen (secondary N) is 1. The van der Waals surface area contributed by atoms with Crippen LogP contribution in [0.1, 0.15) is 34.6 Å². The molecular weight excluding hydrogens is 288 g/mol. The largest absolute Gasteiger partial charge is 0.345 e. The number of aryl methyl sites for hydroxylation is 2. The number of rotatable bonds is 4. The van der Waals surface area contributed by atoms with E-state index >= 15 is 0 Å². The van der Waals surface area contributed by atoms with Gasteiger partial charge >= 0.3 is 0 Å². The highest BCUT2D eigenvalue weighted by Crippen LogP contribution is 2.17. The van der Waals surface area contributed by atoms with Gasteiger partial charge in [0.25, 0.3) is 5.91 Å². The molecule has 3 rings (SSSR count). The van der Waals surface area contributed by atoms with Gasteiger partial charge in [-0.05, 0) is 43.7 Å². The minimum atomic E-state index is -0.0995. The third-order valence-electron chi connectivity index (χ3n) is 3.90. The maximum Gasteiger partial charge on any atom is 0.255 e. The van der Waals surface area contributed by atoms with Crippen molar-refractivity contribution in [2.75, 3.05) is 0 Å². The highest BCUT2D eigenvalue weighted by molar-refractivity contribution is 5.95. The Balaban J connectivity index is 1.72. The van der Waals surface area contributed by atoms with E-state index in [1.807, 2.05) is 74.3 Å². The Hall–Kier alpha value is -2.82. The van der Waals surface area contributed by atoms with Crippen LogP contribution < -0.4 is 5.32 Å². The second-order valence-electron chi connectivity index (χ2n) is 5.68. The van der Waals surface area contributed by atoms with Crippen LogP contribution in [0, 0.1) is 6.92 Å². The minimum absolute atomic E-state index is 0.0687. The number of hydrogen-bond acceptors (Lipinski definition) is 2. The van der Waals surface area contributed by atoms with Gasteiger partial charge in [0, 0.05) is 31.3 Å². The average Bonchev–Trinajstić information content (AvgIpc) is 3.17. The molecule has 0 saturated heterocycles. The van der Waals surface area contributed by atoms with Crippen molar-refractivity contribution in [3.05, 3.63) is 71.8 Å². The van der Waals surface area contributed by atoms with E-state index in [9.17, 15) is 4.79 Å². The Kier molecular flexibility index (Phi) is 4.02. The average molecular weight is 308 g/mol. The molecule has 5 heteroatoms. The van der Waals surface area contributed by atoms with Crippen molar-refractivity contribution >= 4 is 5.91 Å². The van der Waals surface area contributed by atoms with Crippen molar-refractivity contribution in [1.82, 2.24) is 19.7 Å². The lowest BCUT2D eigenvalue weighted by atomic mass is 10.1. The molecule has 0 radical (unpaired) electrons. The van der Waals surface area contributed by atoms with E-state index < -0.39 is 0 Å². The van der Waals surface area contributed by atoms with Gasteiger partial charge in [0.15, 0.2) is 0 Å². The summed E-state index contributed by atoms with van der Waals surface area (Å²) in [4.78, 5) is 12.3. The molecule has 0 fully saturated rings. The molecule has 0 bridgehead atoms. The number of aromatic nitrogens is 3. The van der Waals surface area contributed by atoms with Crippen LogP contribution in [0.3, 0.4) is 0 Å². The van der Waals surface area contributed by atoms with Gasteiger partial charge < -0.3 is 9.88 Å². The van der Waals surface area contributed by atoms with E-state index in [1.54, 1.807) is 10.9 Å². The molecule has 2 heterocycles. The summed E-state index contributed by atoms with van der Waals surface area (Å²) in [7, 11) is 1.81. The van der Waals surface area contributed by atoms with E-state index in [4.69, 9.17) is 0 Å². The molecule has 0 aliphatic carbocycles. The molecule has 118 valence electrons. The van der Waals surface area contributed by atoms with Gasteiger partial charge in [-0.25, -0.2) is 0 Å². The monoisotopic (exact) mass is 308 g/mol. The Morgan fingerprint density at radius 3 is 2.39 bits per heavy atom. The summed E-state index contributed by atoms with van der Waals surface area (Å²) in [5, 5.41) is 7.23. The van der Waals surface area contributed by atoms with Crippen LogP contribution >= 0.6 is 0 Å². The molecule has 1 amide bonds. The van der Waals surface area contributed by atoms with Crippen LogP contribution in [0.4, 0.5) is 0 Å². The molecule has 0 saturated carbocycles. The number of carbonyl (C=O) groups is 1. The second-order valence-corrected chi connectivity index (χ2v) is 5.68. The van der Waals surface area contributed by atoms with E-state index in [0.717, 1.165) is 16.9 Å². The van der Waals surface area contributed by atoms with Gasteiger partial charge in [-0.2, -0.15) is 5.10 Å². The summed E-state index contributed by atoms with van der Waals surface area (Å²) < 4.78 is 3.70. The number of benzene rings is 1. The Morgan fingerprint density at radius 2 is 1.83 bits per heavy atom. The standard InChI is InChI=1S/C18H20N4O/c1-13(19-18(23)17-12-21(3)20-14(17)2)15-6-8-16(9-7-15)22-10-4-5-11-22/h4-13H,1-3H3,(H,19,23)/t13-/m0/s1. The van der Waals surface area contributed by atoms with Crippen molar-refractivity contribution in [3.8, 4) is 5.69 Å². The molecule has 23 heavy (non-hydrogen) atoms. The third kappa shape index (κ3) is 3.18. The molecule has 5 nitrogen and oxygen atoms in total. The zero-order chi connectivity index (χ0) is 16.4. The van der Waals surface area contributed by atoms with E-state index in [1.165, 1.54) is 0 Å². The fourth-order valence-electron chi connectivity index (χ4n) is 2.62. The lowest BCUT2D eigenvalue weighted by molar-refractivity contribution is 0.0939.